The number of hydrogen-bond donors (Lipinski definition) is 1. The second kappa shape index (κ2) is 6.73. The van der Waals surface area contributed by atoms with Crippen molar-refractivity contribution >= 4 is 5.91 Å². The zero-order valence-electron chi connectivity index (χ0n) is 9.90. The molecule has 1 N–H and O–H groups in total. The number of carbonyl (C=O) groups is 1. The van der Waals surface area contributed by atoms with Crippen LogP contribution in [-0.2, 0) is 4.79 Å². The van der Waals surface area contributed by atoms with Crippen molar-refractivity contribution in [3.8, 4) is 0 Å². The number of likely N-dealkylation sites (N-methyl/N-ethyl adjacent to an activating group) is 1. The molecule has 0 aromatic rings. The van der Waals surface area contributed by atoms with E-state index in [0.29, 0.717) is 0 Å². The van der Waals surface area contributed by atoms with Crippen molar-refractivity contribution in [1.82, 2.24) is 10.2 Å². The fraction of sp³-hybridized carbons (Fsp3) is 0.900. The molecule has 0 atom stereocenters. The van der Waals surface area contributed by atoms with Crippen molar-refractivity contribution in [2.24, 2.45) is 0 Å². The van der Waals surface area contributed by atoms with Gasteiger partial charge in [0.2, 0.25) is 5.91 Å². The molecule has 0 aromatic heterocycles. The van der Waals surface area contributed by atoms with Crippen LogP contribution in [0.25, 0.3) is 0 Å². The predicted molar refractivity (Wildman–Crippen MR) is 56.1 cm³/mol. The van der Waals surface area contributed by atoms with Crippen molar-refractivity contribution in [3.05, 3.63) is 0 Å². The summed E-state index contributed by atoms with van der Waals surface area (Å²) in [6.07, 6.45) is -4.92. The van der Waals surface area contributed by atoms with Crippen LogP contribution in [0.1, 0.15) is 26.7 Å². The lowest BCUT2D eigenvalue weighted by Crippen LogP contribution is -2.39. The van der Waals surface area contributed by atoms with Gasteiger partial charge in [-0.1, -0.05) is 0 Å². The standard InChI is InChI=1S/C10H19F3N2O/c1-8(2)15(3)9(16)7-14-6-4-5-10(11,12)13/h8,14H,4-7H2,1-3H3. The third-order valence-electron chi connectivity index (χ3n) is 2.26. The van der Waals surface area contributed by atoms with Gasteiger partial charge in [0.15, 0.2) is 0 Å². The SMILES string of the molecule is CC(C)N(C)C(=O)CNCCCC(F)(F)F. The zero-order chi connectivity index (χ0) is 12.8. The molecule has 0 aromatic carbocycles. The molecule has 0 heterocycles. The van der Waals surface area contributed by atoms with Gasteiger partial charge in [-0.2, -0.15) is 13.2 Å². The van der Waals surface area contributed by atoms with Crippen LogP contribution in [0.5, 0.6) is 0 Å². The fourth-order valence-corrected chi connectivity index (χ4v) is 1.02. The summed E-state index contributed by atoms with van der Waals surface area (Å²) in [5.74, 6) is -0.109. The molecule has 0 fully saturated rings. The predicted octanol–water partition coefficient (Wildman–Crippen LogP) is 1.79. The number of carbonyl (C=O) groups excluding carboxylic acids is 1. The number of rotatable bonds is 6. The minimum absolute atomic E-state index is 0.00216. The zero-order valence-corrected chi connectivity index (χ0v) is 9.90. The van der Waals surface area contributed by atoms with Gasteiger partial charge in [-0.05, 0) is 26.8 Å². The number of nitrogens with one attached hydrogen (secondary N) is 1. The summed E-state index contributed by atoms with van der Waals surface area (Å²) >= 11 is 0. The Balaban J connectivity index is 3.56. The van der Waals surface area contributed by atoms with Crippen LogP contribution in [0, 0.1) is 0 Å². The maximum absolute atomic E-state index is 11.8. The molecule has 3 nitrogen and oxygen atoms in total. The first-order chi connectivity index (χ1) is 7.24. The molecular weight excluding hydrogens is 221 g/mol. The van der Waals surface area contributed by atoms with Crippen LogP contribution in [0.2, 0.25) is 0 Å². The average Bonchev–Trinajstić information content (AvgIpc) is 2.13. The Bertz CT molecular complexity index is 217. The normalized spacial score (nSPS) is 11.9. The van der Waals surface area contributed by atoms with Gasteiger partial charge in [-0.25, -0.2) is 0 Å². The Hall–Kier alpha value is -0.780. The second-order valence-electron chi connectivity index (χ2n) is 3.99. The topological polar surface area (TPSA) is 32.3 Å². The smallest absolute Gasteiger partial charge is 0.342 e. The van der Waals surface area contributed by atoms with Crippen LogP contribution in [-0.4, -0.2) is 43.2 Å². The fourth-order valence-electron chi connectivity index (χ4n) is 1.02. The molecule has 0 aliphatic carbocycles. The quantitative estimate of drug-likeness (QED) is 0.718. The van der Waals surface area contributed by atoms with E-state index in [-0.39, 0.29) is 31.5 Å². The van der Waals surface area contributed by atoms with E-state index in [2.05, 4.69) is 5.32 Å². The highest BCUT2D eigenvalue weighted by Gasteiger charge is 2.25. The minimum Gasteiger partial charge on any atom is -0.342 e. The van der Waals surface area contributed by atoms with Crippen LogP contribution >= 0.6 is 0 Å². The van der Waals surface area contributed by atoms with Crippen LogP contribution in [0.3, 0.4) is 0 Å². The summed E-state index contributed by atoms with van der Waals surface area (Å²) in [7, 11) is 1.67. The number of nitrogens with zero attached hydrogens (tertiary/aromatic N) is 1. The van der Waals surface area contributed by atoms with E-state index in [1.165, 1.54) is 0 Å². The molecule has 0 saturated carbocycles. The molecule has 0 aliphatic heterocycles. The number of amides is 1. The molecule has 0 spiro atoms. The summed E-state index contributed by atoms with van der Waals surface area (Å²) in [6.45, 7) is 4.05. The molecule has 0 radical (unpaired) electrons. The lowest BCUT2D eigenvalue weighted by Gasteiger charge is -2.21. The van der Waals surface area contributed by atoms with E-state index in [4.69, 9.17) is 0 Å². The monoisotopic (exact) mass is 240 g/mol. The van der Waals surface area contributed by atoms with Crippen molar-refractivity contribution in [1.29, 1.82) is 0 Å². The van der Waals surface area contributed by atoms with E-state index < -0.39 is 12.6 Å². The molecular formula is C10H19F3N2O. The number of hydrogen-bond acceptors (Lipinski definition) is 2. The van der Waals surface area contributed by atoms with Gasteiger partial charge >= 0.3 is 6.18 Å². The lowest BCUT2D eigenvalue weighted by atomic mass is 10.3. The molecule has 0 aliphatic rings. The van der Waals surface area contributed by atoms with Gasteiger partial charge < -0.3 is 10.2 Å². The van der Waals surface area contributed by atoms with Crippen molar-refractivity contribution in [2.75, 3.05) is 20.1 Å². The minimum atomic E-state index is -4.11. The molecule has 0 saturated heterocycles. The molecule has 0 unspecified atom stereocenters. The van der Waals surface area contributed by atoms with Gasteiger partial charge in [-0.3, -0.25) is 4.79 Å². The second-order valence-corrected chi connectivity index (χ2v) is 3.99. The Morgan fingerprint density at radius 3 is 2.38 bits per heavy atom. The Labute approximate surface area is 94.0 Å². The van der Waals surface area contributed by atoms with Crippen LogP contribution in [0.15, 0.2) is 0 Å². The first-order valence-corrected chi connectivity index (χ1v) is 5.27. The summed E-state index contributed by atoms with van der Waals surface area (Å²) in [4.78, 5) is 12.9. The van der Waals surface area contributed by atoms with Gasteiger partial charge in [0.25, 0.3) is 0 Å². The van der Waals surface area contributed by atoms with E-state index in [1.807, 2.05) is 13.8 Å². The van der Waals surface area contributed by atoms with E-state index in [0.717, 1.165) is 0 Å². The summed E-state index contributed by atoms with van der Waals surface area (Å²) in [6, 6.07) is 0.101. The highest BCUT2D eigenvalue weighted by Crippen LogP contribution is 2.20. The average molecular weight is 240 g/mol. The Morgan fingerprint density at radius 1 is 1.38 bits per heavy atom. The first kappa shape index (κ1) is 15.2. The van der Waals surface area contributed by atoms with Crippen molar-refractivity contribution in [3.63, 3.8) is 0 Å². The molecule has 1 amide bonds. The van der Waals surface area contributed by atoms with E-state index in [1.54, 1.807) is 11.9 Å². The van der Waals surface area contributed by atoms with Gasteiger partial charge in [0.05, 0.1) is 6.54 Å². The molecule has 0 rings (SSSR count). The van der Waals surface area contributed by atoms with Gasteiger partial charge in [-0.15, -0.1) is 0 Å². The largest absolute Gasteiger partial charge is 0.389 e. The molecule has 96 valence electrons. The highest BCUT2D eigenvalue weighted by atomic mass is 19.4. The number of alkyl halides is 3. The third-order valence-corrected chi connectivity index (χ3v) is 2.26. The Morgan fingerprint density at radius 2 is 1.94 bits per heavy atom. The van der Waals surface area contributed by atoms with Gasteiger partial charge in [0, 0.05) is 19.5 Å². The van der Waals surface area contributed by atoms with Crippen LogP contribution < -0.4 is 5.32 Å². The molecule has 6 heteroatoms. The van der Waals surface area contributed by atoms with Crippen molar-refractivity contribution in [2.45, 2.75) is 38.9 Å². The lowest BCUT2D eigenvalue weighted by molar-refractivity contribution is -0.135. The molecule has 0 bridgehead atoms. The van der Waals surface area contributed by atoms with E-state index >= 15 is 0 Å². The summed E-state index contributed by atoms with van der Waals surface area (Å²) in [5, 5.41) is 2.70. The third kappa shape index (κ3) is 7.50. The summed E-state index contributed by atoms with van der Waals surface area (Å²) < 4.78 is 35.3. The maximum Gasteiger partial charge on any atom is 0.389 e. The maximum atomic E-state index is 11.8. The van der Waals surface area contributed by atoms with Crippen molar-refractivity contribution < 1.29 is 18.0 Å². The number of halogens is 3. The molecule has 16 heavy (non-hydrogen) atoms. The van der Waals surface area contributed by atoms with Gasteiger partial charge in [0.1, 0.15) is 0 Å². The summed E-state index contributed by atoms with van der Waals surface area (Å²) in [5.41, 5.74) is 0. The first-order valence-electron chi connectivity index (χ1n) is 5.27. The Kier molecular flexibility index (Phi) is 6.40. The van der Waals surface area contributed by atoms with Crippen LogP contribution in [0.4, 0.5) is 13.2 Å². The van der Waals surface area contributed by atoms with E-state index in [9.17, 15) is 18.0 Å². The highest BCUT2D eigenvalue weighted by molar-refractivity contribution is 5.78.